The fourth-order valence-corrected chi connectivity index (χ4v) is 2.60. The lowest BCUT2D eigenvalue weighted by molar-refractivity contribution is -0.123. The zero-order valence-electron chi connectivity index (χ0n) is 14.8. The van der Waals surface area contributed by atoms with Crippen molar-refractivity contribution >= 4 is 5.91 Å². The lowest BCUT2D eigenvalue weighted by Gasteiger charge is -2.13. The molecular formula is C21H23N3O2. The highest BCUT2D eigenvalue weighted by atomic mass is 16.5. The minimum atomic E-state index is -0.258. The average molecular weight is 349 g/mol. The van der Waals surface area contributed by atoms with Gasteiger partial charge in [0, 0.05) is 18.9 Å². The van der Waals surface area contributed by atoms with Gasteiger partial charge in [0.15, 0.2) is 0 Å². The Bertz CT molecular complexity index is 799. The third kappa shape index (κ3) is 4.96. The Morgan fingerprint density at radius 3 is 2.58 bits per heavy atom. The molecule has 0 radical (unpaired) electrons. The standard InChI is InChI=1S/C21H23N3O2/c1-17(24-14-13-22-16-24)21(25)23-12-11-18-7-9-20(10-8-18)26-15-19-5-3-2-4-6-19/h2-10,13-14,16-17H,11-12,15H2,1H3,(H,23,25)/t17-/m0/s1. The number of nitrogens with one attached hydrogen (secondary N) is 1. The first-order chi connectivity index (χ1) is 12.7. The van der Waals surface area contributed by atoms with Crippen molar-refractivity contribution in [3.63, 3.8) is 0 Å². The SMILES string of the molecule is C[C@@H](C(=O)NCCc1ccc(OCc2ccccc2)cc1)n1ccnc1. The fourth-order valence-electron chi connectivity index (χ4n) is 2.60. The molecule has 0 spiro atoms. The summed E-state index contributed by atoms with van der Waals surface area (Å²) < 4.78 is 7.57. The predicted molar refractivity (Wildman–Crippen MR) is 101 cm³/mol. The highest BCUT2D eigenvalue weighted by molar-refractivity contribution is 5.79. The molecule has 0 aliphatic rings. The Labute approximate surface area is 153 Å². The van der Waals surface area contributed by atoms with Crippen LogP contribution in [0.3, 0.4) is 0 Å². The quantitative estimate of drug-likeness (QED) is 0.678. The Balaban J connectivity index is 1.42. The Morgan fingerprint density at radius 2 is 1.88 bits per heavy atom. The molecule has 0 aliphatic carbocycles. The molecule has 2 aromatic carbocycles. The van der Waals surface area contributed by atoms with Crippen molar-refractivity contribution in [3.8, 4) is 5.75 Å². The Kier molecular flexibility index (Phi) is 6.04. The summed E-state index contributed by atoms with van der Waals surface area (Å²) >= 11 is 0. The number of ether oxygens (including phenoxy) is 1. The number of hydrogen-bond acceptors (Lipinski definition) is 3. The molecule has 134 valence electrons. The van der Waals surface area contributed by atoms with E-state index >= 15 is 0 Å². The minimum absolute atomic E-state index is 0.00851. The Morgan fingerprint density at radius 1 is 1.12 bits per heavy atom. The molecule has 5 nitrogen and oxygen atoms in total. The van der Waals surface area contributed by atoms with Crippen molar-refractivity contribution in [1.29, 1.82) is 0 Å². The van der Waals surface area contributed by atoms with Crippen molar-refractivity contribution < 1.29 is 9.53 Å². The van der Waals surface area contributed by atoms with Gasteiger partial charge in [-0.2, -0.15) is 0 Å². The summed E-state index contributed by atoms with van der Waals surface area (Å²) in [5, 5.41) is 2.96. The molecule has 1 amide bonds. The molecule has 0 bridgehead atoms. The van der Waals surface area contributed by atoms with Gasteiger partial charge in [-0.15, -0.1) is 0 Å². The topological polar surface area (TPSA) is 56.1 Å². The summed E-state index contributed by atoms with van der Waals surface area (Å²) in [6.45, 7) is 3.01. The van der Waals surface area contributed by atoms with Crippen LogP contribution in [-0.4, -0.2) is 22.0 Å². The van der Waals surface area contributed by atoms with Gasteiger partial charge in [-0.3, -0.25) is 4.79 Å². The van der Waals surface area contributed by atoms with Gasteiger partial charge in [-0.25, -0.2) is 4.98 Å². The van der Waals surface area contributed by atoms with Gasteiger partial charge in [0.25, 0.3) is 0 Å². The molecule has 0 saturated heterocycles. The number of rotatable bonds is 8. The van der Waals surface area contributed by atoms with E-state index in [-0.39, 0.29) is 11.9 Å². The predicted octanol–water partition coefficient (Wildman–Crippen LogP) is 3.38. The van der Waals surface area contributed by atoms with Crippen LogP contribution in [0.25, 0.3) is 0 Å². The number of hydrogen-bond donors (Lipinski definition) is 1. The van der Waals surface area contributed by atoms with E-state index in [0.29, 0.717) is 13.2 Å². The normalized spacial score (nSPS) is 11.7. The first-order valence-corrected chi connectivity index (χ1v) is 8.73. The van der Waals surface area contributed by atoms with Gasteiger partial charge in [-0.1, -0.05) is 42.5 Å². The maximum absolute atomic E-state index is 12.1. The van der Waals surface area contributed by atoms with Gasteiger partial charge in [0.2, 0.25) is 5.91 Å². The van der Waals surface area contributed by atoms with Gasteiger partial charge in [0.05, 0.1) is 6.33 Å². The average Bonchev–Trinajstić information content (AvgIpc) is 3.22. The number of carbonyl (C=O) groups is 1. The maximum Gasteiger partial charge on any atom is 0.242 e. The van der Waals surface area contributed by atoms with Crippen LogP contribution in [0.15, 0.2) is 73.3 Å². The largest absolute Gasteiger partial charge is 0.489 e. The number of imidazole rings is 1. The molecule has 1 aromatic heterocycles. The van der Waals surface area contributed by atoms with E-state index in [1.54, 1.807) is 23.3 Å². The summed E-state index contributed by atoms with van der Waals surface area (Å²) in [7, 11) is 0. The molecule has 3 aromatic rings. The van der Waals surface area contributed by atoms with Crippen molar-refractivity contribution in [2.45, 2.75) is 26.0 Å². The number of benzene rings is 2. The molecule has 0 unspecified atom stereocenters. The molecule has 1 heterocycles. The second-order valence-corrected chi connectivity index (χ2v) is 6.15. The Hall–Kier alpha value is -3.08. The second-order valence-electron chi connectivity index (χ2n) is 6.15. The molecule has 0 aliphatic heterocycles. The van der Waals surface area contributed by atoms with Crippen molar-refractivity contribution in [1.82, 2.24) is 14.9 Å². The lowest BCUT2D eigenvalue weighted by atomic mass is 10.1. The molecular weight excluding hydrogens is 326 g/mol. The van der Waals surface area contributed by atoms with Crippen LogP contribution in [-0.2, 0) is 17.8 Å². The van der Waals surface area contributed by atoms with Crippen molar-refractivity contribution in [2.24, 2.45) is 0 Å². The molecule has 0 saturated carbocycles. The van der Waals surface area contributed by atoms with E-state index < -0.39 is 0 Å². The summed E-state index contributed by atoms with van der Waals surface area (Å²) in [6, 6.07) is 17.8. The van der Waals surface area contributed by atoms with E-state index in [1.165, 1.54) is 0 Å². The second kappa shape index (κ2) is 8.85. The van der Waals surface area contributed by atoms with Crippen LogP contribution in [0.5, 0.6) is 5.75 Å². The highest BCUT2D eigenvalue weighted by Gasteiger charge is 2.13. The van der Waals surface area contributed by atoms with E-state index in [0.717, 1.165) is 23.3 Å². The lowest BCUT2D eigenvalue weighted by Crippen LogP contribution is -2.32. The number of amides is 1. The molecule has 1 N–H and O–H groups in total. The van der Waals surface area contributed by atoms with Crippen LogP contribution in [0.2, 0.25) is 0 Å². The molecule has 3 rings (SSSR count). The van der Waals surface area contributed by atoms with Crippen molar-refractivity contribution in [2.75, 3.05) is 6.54 Å². The first kappa shape index (κ1) is 17.7. The van der Waals surface area contributed by atoms with Crippen molar-refractivity contribution in [3.05, 3.63) is 84.4 Å². The smallest absolute Gasteiger partial charge is 0.242 e. The van der Waals surface area contributed by atoms with Gasteiger partial charge < -0.3 is 14.6 Å². The number of carbonyl (C=O) groups excluding carboxylic acids is 1. The van der Waals surface area contributed by atoms with E-state index in [1.807, 2.05) is 61.5 Å². The fraction of sp³-hybridized carbons (Fsp3) is 0.238. The van der Waals surface area contributed by atoms with Crippen LogP contribution in [0.4, 0.5) is 0 Å². The maximum atomic E-state index is 12.1. The summed E-state index contributed by atoms with van der Waals surface area (Å²) in [5.74, 6) is 0.834. The number of aromatic nitrogens is 2. The zero-order chi connectivity index (χ0) is 18.2. The first-order valence-electron chi connectivity index (χ1n) is 8.73. The molecule has 5 heteroatoms. The van der Waals surface area contributed by atoms with Gasteiger partial charge in [-0.05, 0) is 36.6 Å². The zero-order valence-corrected chi connectivity index (χ0v) is 14.8. The van der Waals surface area contributed by atoms with E-state index in [9.17, 15) is 4.79 Å². The third-order valence-electron chi connectivity index (χ3n) is 4.24. The molecule has 26 heavy (non-hydrogen) atoms. The molecule has 0 fully saturated rings. The van der Waals surface area contributed by atoms with Crippen LogP contribution in [0.1, 0.15) is 24.1 Å². The van der Waals surface area contributed by atoms with E-state index in [4.69, 9.17) is 4.74 Å². The summed E-state index contributed by atoms with van der Waals surface area (Å²) in [4.78, 5) is 16.1. The highest BCUT2D eigenvalue weighted by Crippen LogP contribution is 2.14. The van der Waals surface area contributed by atoms with E-state index in [2.05, 4.69) is 10.3 Å². The molecule has 1 atom stereocenters. The number of nitrogens with zero attached hydrogens (tertiary/aromatic N) is 2. The summed E-state index contributed by atoms with van der Waals surface area (Å²) in [5.41, 5.74) is 2.30. The van der Waals surface area contributed by atoms with Crippen LogP contribution < -0.4 is 10.1 Å². The van der Waals surface area contributed by atoms with Gasteiger partial charge in [0.1, 0.15) is 18.4 Å². The third-order valence-corrected chi connectivity index (χ3v) is 4.24. The summed E-state index contributed by atoms with van der Waals surface area (Å²) in [6.07, 6.45) is 5.89. The minimum Gasteiger partial charge on any atom is -0.489 e. The van der Waals surface area contributed by atoms with Crippen LogP contribution >= 0.6 is 0 Å². The van der Waals surface area contributed by atoms with Gasteiger partial charge >= 0.3 is 0 Å². The van der Waals surface area contributed by atoms with Crippen LogP contribution in [0, 0.1) is 0 Å². The monoisotopic (exact) mass is 349 g/mol.